The van der Waals surface area contributed by atoms with E-state index in [0.717, 1.165) is 41.9 Å². The van der Waals surface area contributed by atoms with Crippen molar-refractivity contribution in [2.75, 3.05) is 23.7 Å². The van der Waals surface area contributed by atoms with Gasteiger partial charge in [0.05, 0.1) is 0 Å². The standard InChI is InChI=1S/C13H20BrN5O/c1-2-15-12-11(14)13(18-8-17-12)16-7-3-4-10(20)19-9-5-6-9/h8-9H,2-7H2,1H3,(H,19,20)(H2,15,16,17,18). The number of hydrogen-bond donors (Lipinski definition) is 3. The van der Waals surface area contributed by atoms with Crippen molar-refractivity contribution in [2.45, 2.75) is 38.6 Å². The molecule has 1 aliphatic carbocycles. The van der Waals surface area contributed by atoms with Crippen molar-refractivity contribution in [3.05, 3.63) is 10.8 Å². The molecule has 7 heteroatoms. The fourth-order valence-corrected chi connectivity index (χ4v) is 2.25. The summed E-state index contributed by atoms with van der Waals surface area (Å²) in [5.41, 5.74) is 0. The molecule has 0 atom stereocenters. The van der Waals surface area contributed by atoms with Crippen LogP contribution in [0.4, 0.5) is 11.6 Å². The highest BCUT2D eigenvalue weighted by atomic mass is 79.9. The molecule has 2 rings (SSSR count). The number of nitrogens with one attached hydrogen (secondary N) is 3. The molecule has 0 spiro atoms. The second kappa shape index (κ2) is 7.42. The van der Waals surface area contributed by atoms with E-state index in [2.05, 4.69) is 41.8 Å². The zero-order chi connectivity index (χ0) is 14.4. The minimum absolute atomic E-state index is 0.143. The molecular formula is C13H20BrN5O. The molecule has 0 aromatic carbocycles. The summed E-state index contributed by atoms with van der Waals surface area (Å²) >= 11 is 3.48. The van der Waals surface area contributed by atoms with E-state index in [1.165, 1.54) is 6.33 Å². The summed E-state index contributed by atoms with van der Waals surface area (Å²) in [6.07, 6.45) is 5.11. The molecule has 110 valence electrons. The number of aromatic nitrogens is 2. The first kappa shape index (κ1) is 15.0. The van der Waals surface area contributed by atoms with Crippen molar-refractivity contribution in [2.24, 2.45) is 0 Å². The van der Waals surface area contributed by atoms with Gasteiger partial charge in [0.15, 0.2) is 0 Å². The van der Waals surface area contributed by atoms with Gasteiger partial charge >= 0.3 is 0 Å². The lowest BCUT2D eigenvalue weighted by Crippen LogP contribution is -2.25. The summed E-state index contributed by atoms with van der Waals surface area (Å²) < 4.78 is 0.823. The fourth-order valence-electron chi connectivity index (χ4n) is 1.77. The molecule has 0 aliphatic heterocycles. The first-order chi connectivity index (χ1) is 9.70. The molecule has 1 fully saturated rings. The van der Waals surface area contributed by atoms with Crippen molar-refractivity contribution in [3.8, 4) is 0 Å². The van der Waals surface area contributed by atoms with Crippen LogP contribution in [0, 0.1) is 0 Å². The Bertz CT molecular complexity index is 464. The molecule has 1 aromatic heterocycles. The number of hydrogen-bond acceptors (Lipinski definition) is 5. The fraction of sp³-hybridized carbons (Fsp3) is 0.615. The van der Waals surface area contributed by atoms with E-state index in [0.29, 0.717) is 19.0 Å². The molecule has 1 amide bonds. The number of anilines is 2. The third kappa shape index (κ3) is 4.63. The molecule has 1 aromatic rings. The minimum Gasteiger partial charge on any atom is -0.369 e. The van der Waals surface area contributed by atoms with E-state index in [-0.39, 0.29) is 5.91 Å². The number of halogens is 1. The summed E-state index contributed by atoms with van der Waals surface area (Å²) in [5.74, 6) is 1.67. The zero-order valence-electron chi connectivity index (χ0n) is 11.6. The van der Waals surface area contributed by atoms with Gasteiger partial charge in [-0.2, -0.15) is 0 Å². The molecule has 20 heavy (non-hydrogen) atoms. The Balaban J connectivity index is 1.72. The number of nitrogens with zero attached hydrogens (tertiary/aromatic N) is 2. The molecule has 6 nitrogen and oxygen atoms in total. The number of amides is 1. The third-order valence-electron chi connectivity index (χ3n) is 2.95. The van der Waals surface area contributed by atoms with Gasteiger partial charge in [0.1, 0.15) is 22.4 Å². The van der Waals surface area contributed by atoms with Crippen molar-refractivity contribution in [1.82, 2.24) is 15.3 Å². The van der Waals surface area contributed by atoms with Crippen LogP contribution >= 0.6 is 15.9 Å². The van der Waals surface area contributed by atoms with Crippen molar-refractivity contribution < 1.29 is 4.79 Å². The second-order valence-electron chi connectivity index (χ2n) is 4.79. The van der Waals surface area contributed by atoms with E-state index in [4.69, 9.17) is 0 Å². The minimum atomic E-state index is 0.143. The topological polar surface area (TPSA) is 78.9 Å². The first-order valence-corrected chi connectivity index (χ1v) is 7.77. The van der Waals surface area contributed by atoms with Gasteiger partial charge in [-0.25, -0.2) is 9.97 Å². The summed E-state index contributed by atoms with van der Waals surface area (Å²) in [5, 5.41) is 9.35. The van der Waals surface area contributed by atoms with Gasteiger partial charge in [0, 0.05) is 25.6 Å². The second-order valence-corrected chi connectivity index (χ2v) is 5.58. The molecule has 0 saturated heterocycles. The van der Waals surface area contributed by atoms with Crippen LogP contribution in [0.25, 0.3) is 0 Å². The molecule has 0 bridgehead atoms. The molecule has 0 radical (unpaired) electrons. The van der Waals surface area contributed by atoms with E-state index < -0.39 is 0 Å². The Kier molecular flexibility index (Phi) is 5.58. The maximum atomic E-state index is 11.5. The van der Waals surface area contributed by atoms with E-state index in [1.54, 1.807) is 0 Å². The highest BCUT2D eigenvalue weighted by molar-refractivity contribution is 9.10. The number of carbonyl (C=O) groups excluding carboxylic acids is 1. The lowest BCUT2D eigenvalue weighted by Gasteiger charge is -2.10. The third-order valence-corrected chi connectivity index (χ3v) is 3.70. The highest BCUT2D eigenvalue weighted by Gasteiger charge is 2.22. The van der Waals surface area contributed by atoms with Gasteiger partial charge in [-0.05, 0) is 42.1 Å². The molecule has 3 N–H and O–H groups in total. The monoisotopic (exact) mass is 341 g/mol. The summed E-state index contributed by atoms with van der Waals surface area (Å²) in [6, 6.07) is 0.439. The normalized spacial score (nSPS) is 13.9. The van der Waals surface area contributed by atoms with Crippen LogP contribution < -0.4 is 16.0 Å². The largest absolute Gasteiger partial charge is 0.369 e. The molecule has 1 heterocycles. The van der Waals surface area contributed by atoms with Gasteiger partial charge in [-0.15, -0.1) is 0 Å². The van der Waals surface area contributed by atoms with Gasteiger partial charge in [0.2, 0.25) is 5.91 Å². The van der Waals surface area contributed by atoms with Crippen LogP contribution in [-0.2, 0) is 4.79 Å². The van der Waals surface area contributed by atoms with Gasteiger partial charge in [-0.1, -0.05) is 0 Å². The maximum absolute atomic E-state index is 11.5. The van der Waals surface area contributed by atoms with Crippen molar-refractivity contribution >= 4 is 33.5 Å². The summed E-state index contributed by atoms with van der Waals surface area (Å²) in [6.45, 7) is 3.52. The van der Waals surface area contributed by atoms with Crippen LogP contribution in [0.2, 0.25) is 0 Å². The van der Waals surface area contributed by atoms with Gasteiger partial charge in [-0.3, -0.25) is 4.79 Å². The zero-order valence-corrected chi connectivity index (χ0v) is 13.2. The van der Waals surface area contributed by atoms with E-state index in [1.807, 2.05) is 6.92 Å². The Labute approximate surface area is 127 Å². The molecular weight excluding hydrogens is 322 g/mol. The Morgan fingerprint density at radius 2 is 2.05 bits per heavy atom. The SMILES string of the molecule is CCNc1ncnc(NCCCC(=O)NC2CC2)c1Br. The average molecular weight is 342 g/mol. The van der Waals surface area contributed by atoms with Crippen molar-refractivity contribution in [1.29, 1.82) is 0 Å². The van der Waals surface area contributed by atoms with Crippen LogP contribution in [0.5, 0.6) is 0 Å². The van der Waals surface area contributed by atoms with Crippen LogP contribution in [0.3, 0.4) is 0 Å². The van der Waals surface area contributed by atoms with Crippen molar-refractivity contribution in [3.63, 3.8) is 0 Å². The predicted octanol–water partition coefficient (Wildman–Crippen LogP) is 2.14. The van der Waals surface area contributed by atoms with Crippen LogP contribution in [-0.4, -0.2) is 35.0 Å². The van der Waals surface area contributed by atoms with Crippen LogP contribution in [0.1, 0.15) is 32.6 Å². The Morgan fingerprint density at radius 1 is 1.35 bits per heavy atom. The Morgan fingerprint density at radius 3 is 2.70 bits per heavy atom. The molecule has 1 saturated carbocycles. The number of carbonyl (C=O) groups is 1. The van der Waals surface area contributed by atoms with Crippen LogP contribution in [0.15, 0.2) is 10.8 Å². The predicted molar refractivity (Wildman–Crippen MR) is 82.8 cm³/mol. The number of rotatable bonds is 8. The molecule has 1 aliphatic rings. The van der Waals surface area contributed by atoms with Gasteiger partial charge in [0.25, 0.3) is 0 Å². The smallest absolute Gasteiger partial charge is 0.220 e. The van der Waals surface area contributed by atoms with E-state index in [9.17, 15) is 4.79 Å². The highest BCUT2D eigenvalue weighted by Crippen LogP contribution is 2.26. The first-order valence-electron chi connectivity index (χ1n) is 6.98. The maximum Gasteiger partial charge on any atom is 0.220 e. The lowest BCUT2D eigenvalue weighted by molar-refractivity contribution is -0.121. The summed E-state index contributed by atoms with van der Waals surface area (Å²) in [4.78, 5) is 19.9. The lowest BCUT2D eigenvalue weighted by atomic mass is 10.3. The quantitative estimate of drug-likeness (QED) is 0.631. The summed E-state index contributed by atoms with van der Waals surface area (Å²) in [7, 11) is 0. The molecule has 0 unspecified atom stereocenters. The van der Waals surface area contributed by atoms with Gasteiger partial charge < -0.3 is 16.0 Å². The average Bonchev–Trinajstić information content (AvgIpc) is 3.23. The Hall–Kier alpha value is -1.37. The van der Waals surface area contributed by atoms with E-state index >= 15 is 0 Å².